The van der Waals surface area contributed by atoms with E-state index in [1.54, 1.807) is 24.3 Å². The zero-order valence-corrected chi connectivity index (χ0v) is 16.1. The van der Waals surface area contributed by atoms with Crippen LogP contribution in [-0.2, 0) is 14.8 Å². The van der Waals surface area contributed by atoms with Crippen molar-refractivity contribution in [3.8, 4) is 0 Å². The summed E-state index contributed by atoms with van der Waals surface area (Å²) in [7, 11) is -3.63. The molecule has 0 unspecified atom stereocenters. The van der Waals surface area contributed by atoms with Gasteiger partial charge in [-0.25, -0.2) is 8.42 Å². The first-order chi connectivity index (χ1) is 11.8. The fourth-order valence-electron chi connectivity index (χ4n) is 4.17. The van der Waals surface area contributed by atoms with E-state index in [0.29, 0.717) is 24.8 Å². The maximum Gasteiger partial charge on any atom is 0.243 e. The number of aryl methyl sites for hydroxylation is 1. The summed E-state index contributed by atoms with van der Waals surface area (Å²) in [6, 6.07) is 6.32. The highest BCUT2D eigenvalue weighted by Gasteiger charge is 2.42. The molecule has 0 saturated carbocycles. The number of benzene rings is 1. The number of amides is 1. The van der Waals surface area contributed by atoms with Crippen molar-refractivity contribution in [2.75, 3.05) is 19.6 Å². The number of nitrogens with zero attached hydrogens (tertiary/aromatic N) is 2. The number of hydrogen-bond donors (Lipinski definition) is 0. The first-order valence-electron chi connectivity index (χ1n) is 9.16. The van der Waals surface area contributed by atoms with Crippen LogP contribution in [0.15, 0.2) is 29.2 Å². The number of piperidine rings is 1. The highest BCUT2D eigenvalue weighted by molar-refractivity contribution is 7.89. The Morgan fingerprint density at radius 1 is 1.08 bits per heavy atom. The van der Waals surface area contributed by atoms with Crippen molar-refractivity contribution >= 4 is 15.9 Å². The topological polar surface area (TPSA) is 57.7 Å². The lowest BCUT2D eigenvalue weighted by Crippen LogP contribution is -2.51. The average Bonchev–Trinajstić information content (AvgIpc) is 3.04. The fourth-order valence-corrected chi connectivity index (χ4v) is 5.82. The minimum Gasteiger partial charge on any atom is -0.341 e. The third kappa shape index (κ3) is 3.75. The van der Waals surface area contributed by atoms with Crippen LogP contribution in [0, 0.1) is 18.8 Å². The van der Waals surface area contributed by atoms with Crippen molar-refractivity contribution in [3.05, 3.63) is 29.8 Å². The highest BCUT2D eigenvalue weighted by atomic mass is 32.2. The summed E-state index contributed by atoms with van der Waals surface area (Å²) in [6.07, 6.45) is 2.48. The quantitative estimate of drug-likeness (QED) is 0.828. The van der Waals surface area contributed by atoms with E-state index >= 15 is 0 Å². The van der Waals surface area contributed by atoms with Crippen molar-refractivity contribution in [3.63, 3.8) is 0 Å². The van der Waals surface area contributed by atoms with Gasteiger partial charge < -0.3 is 4.90 Å². The summed E-state index contributed by atoms with van der Waals surface area (Å²) in [4.78, 5) is 15.2. The summed E-state index contributed by atoms with van der Waals surface area (Å²) in [5.74, 6) is 0.916. The fraction of sp³-hybridized carbons (Fsp3) is 0.632. The molecule has 0 aliphatic carbocycles. The van der Waals surface area contributed by atoms with Gasteiger partial charge in [0.25, 0.3) is 0 Å². The molecule has 2 saturated heterocycles. The lowest BCUT2D eigenvalue weighted by atomic mass is 9.91. The molecule has 2 heterocycles. The second kappa shape index (κ2) is 7.08. The molecule has 0 radical (unpaired) electrons. The number of carbonyl (C=O) groups is 1. The second-order valence-electron chi connectivity index (χ2n) is 7.78. The third-order valence-corrected chi connectivity index (χ3v) is 7.22. The predicted octanol–water partition coefficient (Wildman–Crippen LogP) is 2.65. The van der Waals surface area contributed by atoms with E-state index in [0.717, 1.165) is 31.5 Å². The molecule has 2 fully saturated rings. The molecule has 1 aromatic rings. The van der Waals surface area contributed by atoms with Crippen LogP contribution in [-0.4, -0.2) is 49.2 Å². The Morgan fingerprint density at radius 3 is 2.28 bits per heavy atom. The number of likely N-dealkylation sites (tertiary alicyclic amines) is 1. The molecule has 3 rings (SSSR count). The minimum absolute atomic E-state index is 0.0217. The van der Waals surface area contributed by atoms with Gasteiger partial charge in [-0.15, -0.1) is 0 Å². The van der Waals surface area contributed by atoms with E-state index in [-0.39, 0.29) is 10.8 Å². The molecule has 2 aliphatic heterocycles. The molecule has 5 nitrogen and oxygen atoms in total. The Bertz CT molecular complexity index is 720. The van der Waals surface area contributed by atoms with Crippen LogP contribution in [0.25, 0.3) is 0 Å². The van der Waals surface area contributed by atoms with E-state index in [4.69, 9.17) is 0 Å². The van der Waals surface area contributed by atoms with Gasteiger partial charge in [0.2, 0.25) is 15.9 Å². The molecule has 0 aromatic heterocycles. The van der Waals surface area contributed by atoms with Crippen LogP contribution in [0.2, 0.25) is 0 Å². The second-order valence-corrected chi connectivity index (χ2v) is 9.67. The summed E-state index contributed by atoms with van der Waals surface area (Å²) in [5.41, 5.74) is 1.02. The molecule has 2 aliphatic rings. The van der Waals surface area contributed by atoms with E-state index in [9.17, 15) is 13.2 Å². The van der Waals surface area contributed by atoms with Gasteiger partial charge in [-0.3, -0.25) is 4.79 Å². The zero-order valence-electron chi connectivity index (χ0n) is 15.3. The SMILES string of the molecule is Cc1ccc(S(=O)(=O)N2CCC[C@H]2C(=O)N2C[C@H](C)C[C@H](C)C2)cc1. The normalized spacial score (nSPS) is 28.3. The maximum absolute atomic E-state index is 13.1. The molecule has 0 spiro atoms. The van der Waals surface area contributed by atoms with Crippen molar-refractivity contribution in [2.45, 2.75) is 51.0 Å². The van der Waals surface area contributed by atoms with Crippen molar-refractivity contribution in [1.82, 2.24) is 9.21 Å². The molecular formula is C19H28N2O3S. The summed E-state index contributed by atoms with van der Waals surface area (Å²) in [6.45, 7) is 8.13. The smallest absolute Gasteiger partial charge is 0.243 e. The van der Waals surface area contributed by atoms with E-state index in [1.165, 1.54) is 4.31 Å². The molecule has 25 heavy (non-hydrogen) atoms. The van der Waals surface area contributed by atoms with Gasteiger partial charge in [0.05, 0.1) is 4.90 Å². The maximum atomic E-state index is 13.1. The molecule has 1 aromatic carbocycles. The molecule has 1 amide bonds. The van der Waals surface area contributed by atoms with Crippen molar-refractivity contribution in [1.29, 1.82) is 0 Å². The monoisotopic (exact) mass is 364 g/mol. The number of hydrogen-bond acceptors (Lipinski definition) is 3. The average molecular weight is 365 g/mol. The number of sulfonamides is 1. The summed E-state index contributed by atoms with van der Waals surface area (Å²) >= 11 is 0. The standard InChI is InChI=1S/C19H28N2O3S/c1-14-6-8-17(9-7-14)25(23,24)21-10-4-5-18(21)19(22)20-12-15(2)11-16(3)13-20/h6-9,15-16,18H,4-5,10-13H2,1-3H3/t15-,16+,18-/m0/s1. The Morgan fingerprint density at radius 2 is 1.68 bits per heavy atom. The first-order valence-corrected chi connectivity index (χ1v) is 10.6. The molecule has 0 N–H and O–H groups in total. The Kier molecular flexibility index (Phi) is 5.21. The van der Waals surface area contributed by atoms with Crippen molar-refractivity contribution in [2.24, 2.45) is 11.8 Å². The van der Waals surface area contributed by atoms with Gasteiger partial charge in [0, 0.05) is 19.6 Å². The van der Waals surface area contributed by atoms with Gasteiger partial charge in [0.1, 0.15) is 6.04 Å². The van der Waals surface area contributed by atoms with Crippen LogP contribution < -0.4 is 0 Å². The highest BCUT2D eigenvalue weighted by Crippen LogP contribution is 2.29. The lowest BCUT2D eigenvalue weighted by Gasteiger charge is -2.37. The Balaban J connectivity index is 1.82. The largest absolute Gasteiger partial charge is 0.341 e. The summed E-state index contributed by atoms with van der Waals surface area (Å²) < 4.78 is 27.5. The van der Waals surface area contributed by atoms with Gasteiger partial charge >= 0.3 is 0 Å². The van der Waals surface area contributed by atoms with Gasteiger partial charge in [0.15, 0.2) is 0 Å². The number of carbonyl (C=O) groups excluding carboxylic acids is 1. The Labute approximate surface area is 151 Å². The molecule has 0 bridgehead atoms. The minimum atomic E-state index is -3.63. The Hall–Kier alpha value is -1.40. The third-order valence-electron chi connectivity index (χ3n) is 5.30. The predicted molar refractivity (Wildman–Crippen MR) is 97.6 cm³/mol. The zero-order chi connectivity index (χ0) is 18.2. The molecule has 138 valence electrons. The van der Waals surface area contributed by atoms with Gasteiger partial charge in [-0.2, -0.15) is 4.31 Å². The van der Waals surface area contributed by atoms with Gasteiger partial charge in [-0.05, 0) is 50.2 Å². The van der Waals surface area contributed by atoms with Crippen LogP contribution in [0.1, 0.15) is 38.7 Å². The van der Waals surface area contributed by atoms with E-state index in [2.05, 4.69) is 13.8 Å². The number of rotatable bonds is 3. The van der Waals surface area contributed by atoms with Gasteiger partial charge in [-0.1, -0.05) is 31.5 Å². The van der Waals surface area contributed by atoms with Crippen LogP contribution in [0.4, 0.5) is 0 Å². The summed E-state index contributed by atoms with van der Waals surface area (Å²) in [5, 5.41) is 0. The van der Waals surface area contributed by atoms with E-state index < -0.39 is 16.1 Å². The van der Waals surface area contributed by atoms with Crippen LogP contribution in [0.5, 0.6) is 0 Å². The van der Waals surface area contributed by atoms with Crippen molar-refractivity contribution < 1.29 is 13.2 Å². The lowest BCUT2D eigenvalue weighted by molar-refractivity contribution is -0.137. The molecule has 6 heteroatoms. The molecular weight excluding hydrogens is 336 g/mol. The molecule has 3 atom stereocenters. The van der Waals surface area contributed by atoms with Crippen LogP contribution in [0.3, 0.4) is 0 Å². The van der Waals surface area contributed by atoms with Crippen LogP contribution >= 0.6 is 0 Å². The van der Waals surface area contributed by atoms with E-state index in [1.807, 2.05) is 11.8 Å². The first kappa shape index (κ1) is 18.4.